The van der Waals surface area contributed by atoms with E-state index in [4.69, 9.17) is 9.47 Å². The second-order valence-electron chi connectivity index (χ2n) is 2.29. The van der Waals surface area contributed by atoms with Crippen molar-refractivity contribution in [1.82, 2.24) is 0 Å². The Morgan fingerprint density at radius 1 is 1.44 bits per heavy atom. The molecule has 0 radical (unpaired) electrons. The Balaban J connectivity index is 2.88. The predicted octanol–water partition coefficient (Wildman–Crippen LogP) is 1.65. The molecule has 9 heavy (non-hydrogen) atoms. The first-order valence-electron chi connectivity index (χ1n) is 3.38. The fourth-order valence-corrected chi connectivity index (χ4v) is 0.450. The Kier molecular flexibility index (Phi) is 5.99. The van der Waals surface area contributed by atoms with E-state index in [-0.39, 0.29) is 0 Å². The molecule has 0 aromatic carbocycles. The second kappa shape index (κ2) is 6.05. The molecule has 0 aromatic rings. The first-order valence-corrected chi connectivity index (χ1v) is 3.38. The Morgan fingerprint density at radius 3 is 2.56 bits per heavy atom. The molecule has 2 heteroatoms. The lowest BCUT2D eigenvalue weighted by atomic mass is 10.1. The number of hydrogen-bond acceptors (Lipinski definition) is 2. The minimum atomic E-state index is 0.421. The van der Waals surface area contributed by atoms with E-state index in [0.29, 0.717) is 12.7 Å². The summed E-state index contributed by atoms with van der Waals surface area (Å²) in [6, 6.07) is 0. The largest absolute Gasteiger partial charge is 0.359 e. The smallest absolute Gasteiger partial charge is 0.146 e. The summed E-state index contributed by atoms with van der Waals surface area (Å²) in [4.78, 5) is 0. The summed E-state index contributed by atoms with van der Waals surface area (Å²) in [6.07, 6.45) is 1.17. The summed E-state index contributed by atoms with van der Waals surface area (Å²) in [5.74, 6) is 0.653. The lowest BCUT2D eigenvalue weighted by Gasteiger charge is -2.07. The first kappa shape index (κ1) is 8.92. The van der Waals surface area contributed by atoms with Gasteiger partial charge in [-0.2, -0.15) is 0 Å². The van der Waals surface area contributed by atoms with Gasteiger partial charge in [0.15, 0.2) is 0 Å². The van der Waals surface area contributed by atoms with Gasteiger partial charge in [0.05, 0.1) is 6.61 Å². The highest BCUT2D eigenvalue weighted by molar-refractivity contribution is 4.44. The fraction of sp³-hybridized carbons (Fsp3) is 1.00. The average molecular weight is 132 g/mol. The lowest BCUT2D eigenvalue weighted by Crippen LogP contribution is -2.06. The van der Waals surface area contributed by atoms with Crippen molar-refractivity contribution in [3.8, 4) is 0 Å². The third-order valence-corrected chi connectivity index (χ3v) is 1.30. The fourth-order valence-electron chi connectivity index (χ4n) is 0.450. The summed E-state index contributed by atoms with van der Waals surface area (Å²) in [7, 11) is 1.64. The maximum absolute atomic E-state index is 5.11. The lowest BCUT2D eigenvalue weighted by molar-refractivity contribution is -0.0417. The van der Waals surface area contributed by atoms with Crippen LogP contribution in [-0.2, 0) is 9.47 Å². The summed E-state index contributed by atoms with van der Waals surface area (Å²) >= 11 is 0. The Hall–Kier alpha value is -0.0800. The van der Waals surface area contributed by atoms with Crippen LogP contribution >= 0.6 is 0 Å². The third kappa shape index (κ3) is 5.80. The molecule has 0 fully saturated rings. The molecular weight excluding hydrogens is 116 g/mol. The summed E-state index contributed by atoms with van der Waals surface area (Å²) < 4.78 is 9.83. The van der Waals surface area contributed by atoms with Crippen LogP contribution in [0, 0.1) is 5.92 Å². The van der Waals surface area contributed by atoms with Crippen LogP contribution in [0.1, 0.15) is 20.3 Å². The van der Waals surface area contributed by atoms with Gasteiger partial charge in [-0.3, -0.25) is 0 Å². The molecule has 2 nitrogen and oxygen atoms in total. The van der Waals surface area contributed by atoms with Gasteiger partial charge in [-0.05, 0) is 5.92 Å². The summed E-state index contributed by atoms with van der Waals surface area (Å²) in [6.45, 7) is 5.55. The standard InChI is InChI=1S/C7H16O2/c1-4-7(2)5-9-6-8-3/h7H,4-6H2,1-3H3. The molecule has 0 aromatic heterocycles. The summed E-state index contributed by atoms with van der Waals surface area (Å²) in [5, 5.41) is 0. The van der Waals surface area contributed by atoms with Crippen LogP contribution in [0.5, 0.6) is 0 Å². The first-order chi connectivity index (χ1) is 4.31. The minimum absolute atomic E-state index is 0.421. The average Bonchev–Trinajstić information content (AvgIpc) is 1.89. The maximum Gasteiger partial charge on any atom is 0.146 e. The Morgan fingerprint density at radius 2 is 2.11 bits per heavy atom. The van der Waals surface area contributed by atoms with Gasteiger partial charge in [-0.1, -0.05) is 20.3 Å². The predicted molar refractivity (Wildman–Crippen MR) is 37.3 cm³/mol. The monoisotopic (exact) mass is 132 g/mol. The number of hydrogen-bond donors (Lipinski definition) is 0. The number of rotatable bonds is 5. The van der Waals surface area contributed by atoms with Gasteiger partial charge in [0.1, 0.15) is 6.79 Å². The van der Waals surface area contributed by atoms with E-state index in [1.165, 1.54) is 6.42 Å². The highest BCUT2D eigenvalue weighted by Crippen LogP contribution is 1.99. The van der Waals surface area contributed by atoms with Gasteiger partial charge in [0.2, 0.25) is 0 Å². The number of ether oxygens (including phenoxy) is 2. The van der Waals surface area contributed by atoms with Gasteiger partial charge in [0, 0.05) is 7.11 Å². The molecule has 0 rings (SSSR count). The Bertz CT molecular complexity index is 54.9. The zero-order valence-electron chi connectivity index (χ0n) is 6.52. The van der Waals surface area contributed by atoms with Gasteiger partial charge in [-0.25, -0.2) is 0 Å². The molecule has 1 unspecified atom stereocenters. The van der Waals surface area contributed by atoms with Crippen molar-refractivity contribution in [2.75, 3.05) is 20.5 Å². The second-order valence-corrected chi connectivity index (χ2v) is 2.29. The molecule has 0 aliphatic rings. The van der Waals surface area contributed by atoms with Crippen molar-refractivity contribution in [2.24, 2.45) is 5.92 Å². The van der Waals surface area contributed by atoms with E-state index in [9.17, 15) is 0 Å². The topological polar surface area (TPSA) is 18.5 Å². The highest BCUT2D eigenvalue weighted by atomic mass is 16.7. The van der Waals surface area contributed by atoms with Crippen LogP contribution in [0.3, 0.4) is 0 Å². The highest BCUT2D eigenvalue weighted by Gasteiger charge is 1.96. The zero-order valence-corrected chi connectivity index (χ0v) is 6.52. The SMILES string of the molecule is CCC(C)COCOC. The van der Waals surface area contributed by atoms with Crippen molar-refractivity contribution >= 4 is 0 Å². The van der Waals surface area contributed by atoms with Crippen molar-refractivity contribution in [3.63, 3.8) is 0 Å². The third-order valence-electron chi connectivity index (χ3n) is 1.30. The molecule has 0 aliphatic heterocycles. The number of methoxy groups -OCH3 is 1. The van der Waals surface area contributed by atoms with Crippen LogP contribution in [0.4, 0.5) is 0 Å². The van der Waals surface area contributed by atoms with Gasteiger partial charge >= 0.3 is 0 Å². The van der Waals surface area contributed by atoms with E-state index >= 15 is 0 Å². The van der Waals surface area contributed by atoms with E-state index in [1.807, 2.05) is 0 Å². The van der Waals surface area contributed by atoms with Crippen molar-refractivity contribution in [2.45, 2.75) is 20.3 Å². The maximum atomic E-state index is 5.11. The molecule has 0 amide bonds. The van der Waals surface area contributed by atoms with Crippen molar-refractivity contribution in [3.05, 3.63) is 0 Å². The van der Waals surface area contributed by atoms with Gasteiger partial charge < -0.3 is 9.47 Å². The van der Waals surface area contributed by atoms with Crippen molar-refractivity contribution < 1.29 is 9.47 Å². The summed E-state index contributed by atoms with van der Waals surface area (Å²) in [5.41, 5.74) is 0. The van der Waals surface area contributed by atoms with Crippen LogP contribution < -0.4 is 0 Å². The molecule has 56 valence electrons. The molecule has 0 saturated heterocycles. The molecule has 0 aliphatic carbocycles. The van der Waals surface area contributed by atoms with E-state index in [1.54, 1.807) is 7.11 Å². The van der Waals surface area contributed by atoms with Crippen LogP contribution in [0.2, 0.25) is 0 Å². The molecule has 0 bridgehead atoms. The van der Waals surface area contributed by atoms with E-state index in [0.717, 1.165) is 6.61 Å². The van der Waals surface area contributed by atoms with Gasteiger partial charge in [-0.15, -0.1) is 0 Å². The Labute approximate surface area is 57.2 Å². The quantitative estimate of drug-likeness (QED) is 0.418. The van der Waals surface area contributed by atoms with Crippen LogP contribution in [0.25, 0.3) is 0 Å². The molecule has 0 spiro atoms. The van der Waals surface area contributed by atoms with E-state index < -0.39 is 0 Å². The normalized spacial score (nSPS) is 13.7. The van der Waals surface area contributed by atoms with Crippen LogP contribution in [0.15, 0.2) is 0 Å². The van der Waals surface area contributed by atoms with Crippen LogP contribution in [-0.4, -0.2) is 20.5 Å². The molecule has 0 saturated carbocycles. The van der Waals surface area contributed by atoms with Gasteiger partial charge in [0.25, 0.3) is 0 Å². The minimum Gasteiger partial charge on any atom is -0.359 e. The zero-order chi connectivity index (χ0) is 7.11. The molecule has 0 N–H and O–H groups in total. The molecule has 0 heterocycles. The van der Waals surface area contributed by atoms with E-state index in [2.05, 4.69) is 13.8 Å². The van der Waals surface area contributed by atoms with Crippen molar-refractivity contribution in [1.29, 1.82) is 0 Å². The molecular formula is C7H16O2. The molecule has 1 atom stereocenters.